The third-order valence-corrected chi connectivity index (χ3v) is 35.4. The summed E-state index contributed by atoms with van der Waals surface area (Å²) < 4.78 is 29.8. The maximum absolute atomic E-state index is 12.2. The van der Waals surface area contributed by atoms with Crippen molar-refractivity contribution < 1.29 is 62.9 Å². The van der Waals surface area contributed by atoms with Gasteiger partial charge in [-0.2, -0.15) is 4.21 Å². The molecule has 4 atom stereocenters. The summed E-state index contributed by atoms with van der Waals surface area (Å²) >= 11 is 28.9. The molecule has 4 unspecified atom stereocenters. The van der Waals surface area contributed by atoms with E-state index in [9.17, 15) is 19.6 Å². The van der Waals surface area contributed by atoms with Crippen molar-refractivity contribution >= 4 is 128 Å². The molecule has 0 saturated heterocycles. The summed E-state index contributed by atoms with van der Waals surface area (Å²) in [6.45, 7) is 20.3. The Labute approximate surface area is 700 Å². The number of hydrogen-bond acceptors (Lipinski definition) is 18. The van der Waals surface area contributed by atoms with Gasteiger partial charge in [0, 0.05) is 22.8 Å². The van der Waals surface area contributed by atoms with Gasteiger partial charge in [-0.15, -0.1) is 45.5 Å². The van der Waals surface area contributed by atoms with Gasteiger partial charge in [-0.05, 0) is 74.4 Å². The molecule has 0 aromatic rings. The van der Waals surface area contributed by atoms with E-state index in [0.29, 0.717) is 26.4 Å². The van der Waals surface area contributed by atoms with Gasteiger partial charge < -0.3 is 37.7 Å². The second-order valence-corrected chi connectivity index (χ2v) is 52.9. The Morgan fingerprint density at radius 1 is 0.194 bits per heavy atom. The minimum Gasteiger partial charge on any atom is -0.793 e. The fourth-order valence-corrected chi connectivity index (χ4v) is 25.0. The van der Waals surface area contributed by atoms with Gasteiger partial charge in [0.15, 0.2) is 12.5 Å². The Balaban J connectivity index is -0.000000301. The van der Waals surface area contributed by atoms with E-state index >= 15 is 0 Å². The number of hydrogen-bond donors (Lipinski definition) is 0. The van der Waals surface area contributed by atoms with E-state index in [-0.39, 0.29) is 21.1 Å². The molecule has 622 valence electrons. The van der Waals surface area contributed by atoms with Gasteiger partial charge in [0.2, 0.25) is 0 Å². The van der Waals surface area contributed by atoms with Gasteiger partial charge in [-0.25, -0.2) is 0 Å². The minimum atomic E-state index is -2.83. The SMILES string of the molecule is CCCCCCCCCCOP([O-])(=S)SCCCCCCCCCC.CCCCCCCCCCOP([O-])(=S)SCCCCCCCCCC.CCCCCCCCCCOP([O-])(=S)SCCCCCCCCCC.CCCCCCCCCCOP([O-])(=S)SCCCCCCCCCC.O=S.[Mo+4]. The molecule has 0 aliphatic heterocycles. The van der Waals surface area contributed by atoms with Crippen LogP contribution in [0.25, 0.3) is 0 Å². The van der Waals surface area contributed by atoms with E-state index in [1.54, 1.807) is 0 Å². The van der Waals surface area contributed by atoms with Crippen molar-refractivity contribution in [2.45, 2.75) is 466 Å². The molecule has 0 aliphatic carbocycles. The molecule has 0 amide bonds. The molecule has 0 N–H and O–H groups in total. The van der Waals surface area contributed by atoms with Crippen LogP contribution in [0.4, 0.5) is 0 Å². The van der Waals surface area contributed by atoms with Crippen molar-refractivity contribution in [3.63, 3.8) is 0 Å². The quantitative estimate of drug-likeness (QED) is 0.0323. The first kappa shape index (κ1) is 118. The van der Waals surface area contributed by atoms with Gasteiger partial charge >= 0.3 is 21.1 Å². The molecule has 0 heterocycles. The van der Waals surface area contributed by atoms with Gasteiger partial charge in [-0.3, -0.25) is 0 Å². The van der Waals surface area contributed by atoms with Crippen LogP contribution in [0.5, 0.6) is 0 Å². The van der Waals surface area contributed by atoms with Crippen LogP contribution in [-0.4, -0.2) is 53.6 Å². The molecule has 103 heavy (non-hydrogen) atoms. The Kier molecular flexibility index (Phi) is 115. The van der Waals surface area contributed by atoms with Crippen LogP contribution in [0.3, 0.4) is 0 Å². The van der Waals surface area contributed by atoms with Crippen molar-refractivity contribution in [3.8, 4) is 0 Å². The van der Waals surface area contributed by atoms with Crippen LogP contribution >= 0.6 is 68.3 Å². The van der Waals surface area contributed by atoms with E-state index in [1.807, 2.05) is 0 Å². The molecular formula is C80H168MoO9P4S9. The molecule has 9 nitrogen and oxygen atoms in total. The Morgan fingerprint density at radius 3 is 0.408 bits per heavy atom. The summed E-state index contributed by atoms with van der Waals surface area (Å²) in [7, 11) is 0. The summed E-state index contributed by atoms with van der Waals surface area (Å²) in [6.07, 6.45) is 82.0. The molecule has 23 heteroatoms. The Hall–Kier alpha value is 4.39. The zero-order valence-corrected chi connectivity index (χ0v) is 81.4. The van der Waals surface area contributed by atoms with Crippen LogP contribution in [0.1, 0.15) is 466 Å². The second kappa shape index (κ2) is 101. The first-order valence-corrected chi connectivity index (χ1v) is 60.3. The monoisotopic (exact) mass is 1780 g/mol. The number of unbranched alkanes of at least 4 members (excludes halogenated alkanes) is 56. The largest absolute Gasteiger partial charge is 4.00 e. The van der Waals surface area contributed by atoms with Crippen molar-refractivity contribution in [1.29, 1.82) is 0 Å². The second-order valence-electron chi connectivity index (χ2n) is 28.3. The average Bonchev–Trinajstić information content (AvgIpc) is 1.09. The molecule has 0 spiro atoms. The van der Waals surface area contributed by atoms with Crippen LogP contribution in [0, 0.1) is 0 Å². The van der Waals surface area contributed by atoms with Gasteiger partial charge in [-0.1, -0.05) is 462 Å². The molecule has 0 saturated carbocycles. The van der Waals surface area contributed by atoms with Gasteiger partial charge in [0.25, 0.3) is 0 Å². The zero-order chi connectivity index (χ0) is 76.6. The molecule has 0 aromatic heterocycles. The molecule has 0 aliphatic rings. The van der Waals surface area contributed by atoms with Gasteiger partial charge in [0.1, 0.15) is 0 Å². The first-order chi connectivity index (χ1) is 49.5. The predicted molar refractivity (Wildman–Crippen MR) is 480 cm³/mol. The topological polar surface area (TPSA) is 146 Å². The predicted octanol–water partition coefficient (Wildman–Crippen LogP) is 30.1. The molecule has 0 fully saturated rings. The van der Waals surface area contributed by atoms with Crippen LogP contribution in [-0.2, 0) is 98.9 Å². The van der Waals surface area contributed by atoms with E-state index in [4.69, 9.17) is 69.5 Å². The number of rotatable bonds is 80. The van der Waals surface area contributed by atoms with Crippen molar-refractivity contribution in [1.82, 2.24) is 0 Å². The van der Waals surface area contributed by atoms with Crippen molar-refractivity contribution in [2.75, 3.05) is 49.4 Å². The average molecular weight is 1780 g/mol. The van der Waals surface area contributed by atoms with E-state index in [2.05, 4.69) is 67.9 Å². The van der Waals surface area contributed by atoms with Crippen molar-refractivity contribution in [3.05, 3.63) is 0 Å². The van der Waals surface area contributed by atoms with Crippen LogP contribution < -0.4 is 19.6 Å². The standard InChI is InChI=1S/4C20H43O2PS2.Mo.OS/c4*1-3-5-7-9-11-13-15-17-19-22-23(21,24)25-20-18-16-14-12-10-8-6-4-2;;1-2/h4*3-20H2,1-2H3,(H,21,24);;/q;;;;+4;/p-4. The summed E-state index contributed by atoms with van der Waals surface area (Å²) in [6, 6.07) is 0. The normalized spacial score (nSPS) is 13.5. The first-order valence-electron chi connectivity index (χ1n) is 43.1. The maximum Gasteiger partial charge on any atom is 4.00 e. The van der Waals surface area contributed by atoms with Crippen LogP contribution in [0.15, 0.2) is 0 Å². The minimum absolute atomic E-state index is 0. The molecule has 0 bridgehead atoms. The molecule has 0 radical (unpaired) electrons. The smallest absolute Gasteiger partial charge is 0.793 e. The van der Waals surface area contributed by atoms with E-state index in [1.165, 1.54) is 405 Å². The third kappa shape index (κ3) is 115. The third-order valence-electron chi connectivity index (χ3n) is 18.0. The summed E-state index contributed by atoms with van der Waals surface area (Å²) in [5.41, 5.74) is -11.3. The van der Waals surface area contributed by atoms with E-state index in [0.717, 1.165) is 74.4 Å². The fourth-order valence-electron chi connectivity index (χ4n) is 11.4. The molecular weight excluding hydrogens is 1610 g/mol. The molecule has 0 aromatic carbocycles. The fraction of sp³-hybridized carbons (Fsp3) is 1.00. The summed E-state index contributed by atoms with van der Waals surface area (Å²) in [5, 5.41) is 0. The van der Waals surface area contributed by atoms with Gasteiger partial charge in [0.05, 0.1) is 26.4 Å². The van der Waals surface area contributed by atoms with Crippen molar-refractivity contribution in [2.24, 2.45) is 0 Å². The van der Waals surface area contributed by atoms with Crippen LogP contribution in [0.2, 0.25) is 0 Å². The zero-order valence-electron chi connectivity index (χ0n) is 68.5. The Bertz CT molecular complexity index is 1420. The summed E-state index contributed by atoms with van der Waals surface area (Å²) in [5.74, 6) is 3.53. The molecule has 0 rings (SSSR count). The van der Waals surface area contributed by atoms with E-state index < -0.39 is 22.8 Å². The Morgan fingerprint density at radius 2 is 0.291 bits per heavy atom. The summed E-state index contributed by atoms with van der Waals surface area (Å²) in [4.78, 5) is 48.7. The maximum atomic E-state index is 12.2.